The molecule has 0 aliphatic rings. The maximum absolute atomic E-state index is 11.5. The predicted molar refractivity (Wildman–Crippen MR) is 57.7 cm³/mol. The molecule has 0 spiro atoms. The van der Waals surface area contributed by atoms with Crippen LogP contribution in [0.1, 0.15) is 12.5 Å². The molecular formula is C10H17N3O2. The molecular weight excluding hydrogens is 194 g/mol. The Morgan fingerprint density at radius 3 is 2.93 bits per heavy atom. The maximum Gasteiger partial charge on any atom is 0.267 e. The lowest BCUT2D eigenvalue weighted by molar-refractivity contribution is 0.0531. The summed E-state index contributed by atoms with van der Waals surface area (Å²) in [6.45, 7) is 5.11. The zero-order chi connectivity index (χ0) is 11.3. The van der Waals surface area contributed by atoms with Crippen LogP contribution in [-0.4, -0.2) is 29.0 Å². The Bertz CT molecular complexity index is 362. The molecule has 1 unspecified atom stereocenters. The number of hydrogen-bond donors (Lipinski definition) is 1. The Morgan fingerprint density at radius 2 is 2.40 bits per heavy atom. The van der Waals surface area contributed by atoms with Gasteiger partial charge in [0.1, 0.15) is 0 Å². The van der Waals surface area contributed by atoms with Gasteiger partial charge in [-0.05, 0) is 19.4 Å². The molecule has 0 fully saturated rings. The van der Waals surface area contributed by atoms with Crippen LogP contribution in [0.4, 0.5) is 0 Å². The number of ether oxygens (including phenoxy) is 1. The van der Waals surface area contributed by atoms with Gasteiger partial charge in [-0.15, -0.1) is 0 Å². The molecule has 0 radical (unpaired) electrons. The van der Waals surface area contributed by atoms with Crippen molar-refractivity contribution in [2.24, 2.45) is 5.73 Å². The fourth-order valence-electron chi connectivity index (χ4n) is 1.29. The van der Waals surface area contributed by atoms with E-state index >= 15 is 0 Å². The standard InChI is InChI=1S/C10H17N3O2/c1-3-15-9(5-11)7-13-10(14)4-8(2)6-12-13/h4,6,9H,3,5,7,11H2,1-2H3. The molecule has 0 saturated heterocycles. The van der Waals surface area contributed by atoms with Crippen molar-refractivity contribution < 1.29 is 4.74 Å². The first kappa shape index (κ1) is 11.9. The van der Waals surface area contributed by atoms with Gasteiger partial charge in [-0.25, -0.2) is 4.68 Å². The van der Waals surface area contributed by atoms with Crippen molar-refractivity contribution in [3.05, 3.63) is 28.2 Å². The monoisotopic (exact) mass is 211 g/mol. The molecule has 1 aromatic rings. The van der Waals surface area contributed by atoms with Gasteiger partial charge in [0.15, 0.2) is 0 Å². The number of nitrogens with zero attached hydrogens (tertiary/aromatic N) is 2. The largest absolute Gasteiger partial charge is 0.375 e. The molecule has 1 heterocycles. The summed E-state index contributed by atoms with van der Waals surface area (Å²) in [7, 11) is 0. The van der Waals surface area contributed by atoms with Crippen molar-refractivity contribution in [3.8, 4) is 0 Å². The van der Waals surface area contributed by atoms with Gasteiger partial charge >= 0.3 is 0 Å². The summed E-state index contributed by atoms with van der Waals surface area (Å²) in [6, 6.07) is 1.55. The molecule has 5 nitrogen and oxygen atoms in total. The second-order valence-corrected chi connectivity index (χ2v) is 3.37. The Kier molecular flexibility index (Phi) is 4.45. The van der Waals surface area contributed by atoms with Crippen molar-refractivity contribution in [1.29, 1.82) is 0 Å². The molecule has 84 valence electrons. The van der Waals surface area contributed by atoms with Crippen molar-refractivity contribution in [2.45, 2.75) is 26.5 Å². The van der Waals surface area contributed by atoms with Crippen LogP contribution in [0.2, 0.25) is 0 Å². The van der Waals surface area contributed by atoms with Crippen LogP contribution in [0.5, 0.6) is 0 Å². The molecule has 1 rings (SSSR count). The molecule has 1 atom stereocenters. The molecule has 15 heavy (non-hydrogen) atoms. The molecule has 0 amide bonds. The molecule has 0 aliphatic carbocycles. The first-order valence-electron chi connectivity index (χ1n) is 5.02. The topological polar surface area (TPSA) is 70.1 Å². The lowest BCUT2D eigenvalue weighted by Crippen LogP contribution is -2.34. The van der Waals surface area contributed by atoms with Crippen LogP contribution >= 0.6 is 0 Å². The summed E-state index contributed by atoms with van der Waals surface area (Å²) in [6.07, 6.45) is 1.50. The summed E-state index contributed by atoms with van der Waals surface area (Å²) < 4.78 is 6.73. The van der Waals surface area contributed by atoms with Gasteiger partial charge < -0.3 is 10.5 Å². The number of hydrogen-bond acceptors (Lipinski definition) is 4. The normalized spacial score (nSPS) is 12.7. The van der Waals surface area contributed by atoms with Gasteiger partial charge in [0.25, 0.3) is 5.56 Å². The van der Waals surface area contributed by atoms with Crippen LogP contribution < -0.4 is 11.3 Å². The first-order valence-corrected chi connectivity index (χ1v) is 5.02. The fraction of sp³-hybridized carbons (Fsp3) is 0.600. The Balaban J connectivity index is 2.75. The van der Waals surface area contributed by atoms with E-state index in [0.717, 1.165) is 5.56 Å². The van der Waals surface area contributed by atoms with Gasteiger partial charge in [0.2, 0.25) is 0 Å². The molecule has 0 aromatic carbocycles. The zero-order valence-electron chi connectivity index (χ0n) is 9.14. The molecule has 0 aliphatic heterocycles. The molecule has 0 bridgehead atoms. The maximum atomic E-state index is 11.5. The molecule has 2 N–H and O–H groups in total. The summed E-state index contributed by atoms with van der Waals surface area (Å²) in [5, 5.41) is 4.02. The highest BCUT2D eigenvalue weighted by atomic mass is 16.5. The van der Waals surface area contributed by atoms with Gasteiger partial charge in [-0.3, -0.25) is 4.79 Å². The summed E-state index contributed by atoms with van der Waals surface area (Å²) in [5.41, 5.74) is 6.26. The Morgan fingerprint density at radius 1 is 1.67 bits per heavy atom. The first-order chi connectivity index (χ1) is 7.17. The molecule has 5 heteroatoms. The summed E-state index contributed by atoms with van der Waals surface area (Å²) >= 11 is 0. The number of aryl methyl sites for hydroxylation is 1. The third-order valence-corrected chi connectivity index (χ3v) is 2.05. The third-order valence-electron chi connectivity index (χ3n) is 2.05. The van der Waals surface area contributed by atoms with E-state index in [1.54, 1.807) is 12.3 Å². The fourth-order valence-corrected chi connectivity index (χ4v) is 1.29. The third kappa shape index (κ3) is 3.45. The van der Waals surface area contributed by atoms with Crippen LogP contribution in [0.3, 0.4) is 0 Å². The van der Waals surface area contributed by atoms with Crippen molar-refractivity contribution in [2.75, 3.05) is 13.2 Å². The van der Waals surface area contributed by atoms with E-state index in [1.165, 1.54) is 4.68 Å². The minimum Gasteiger partial charge on any atom is -0.375 e. The van der Waals surface area contributed by atoms with Crippen LogP contribution in [-0.2, 0) is 11.3 Å². The highest BCUT2D eigenvalue weighted by Crippen LogP contribution is 1.93. The van der Waals surface area contributed by atoms with Crippen molar-refractivity contribution >= 4 is 0 Å². The average Bonchev–Trinajstić information content (AvgIpc) is 2.21. The Hall–Kier alpha value is -1.20. The van der Waals surface area contributed by atoms with E-state index < -0.39 is 0 Å². The van der Waals surface area contributed by atoms with Gasteiger partial charge in [0, 0.05) is 19.2 Å². The second-order valence-electron chi connectivity index (χ2n) is 3.37. The van der Waals surface area contributed by atoms with E-state index in [1.807, 2.05) is 13.8 Å². The van der Waals surface area contributed by atoms with Gasteiger partial charge in [0.05, 0.1) is 18.8 Å². The van der Waals surface area contributed by atoms with Gasteiger partial charge in [-0.2, -0.15) is 5.10 Å². The minimum absolute atomic E-state index is 0.117. The van der Waals surface area contributed by atoms with Crippen molar-refractivity contribution in [1.82, 2.24) is 9.78 Å². The smallest absolute Gasteiger partial charge is 0.267 e. The zero-order valence-corrected chi connectivity index (χ0v) is 9.14. The van der Waals surface area contributed by atoms with E-state index in [-0.39, 0.29) is 11.7 Å². The lowest BCUT2D eigenvalue weighted by Gasteiger charge is -2.15. The van der Waals surface area contributed by atoms with Crippen LogP contribution in [0.25, 0.3) is 0 Å². The van der Waals surface area contributed by atoms with E-state index in [4.69, 9.17) is 10.5 Å². The van der Waals surface area contributed by atoms with E-state index in [9.17, 15) is 4.79 Å². The SMILES string of the molecule is CCOC(CN)Cn1ncc(C)cc1=O. The summed E-state index contributed by atoms with van der Waals surface area (Å²) in [4.78, 5) is 11.5. The van der Waals surface area contributed by atoms with E-state index in [2.05, 4.69) is 5.10 Å². The van der Waals surface area contributed by atoms with Crippen molar-refractivity contribution in [3.63, 3.8) is 0 Å². The second kappa shape index (κ2) is 5.63. The highest BCUT2D eigenvalue weighted by molar-refractivity contribution is 5.02. The lowest BCUT2D eigenvalue weighted by atomic mass is 10.3. The molecule has 0 saturated carbocycles. The predicted octanol–water partition coefficient (Wildman–Crippen LogP) is -0.0845. The van der Waals surface area contributed by atoms with E-state index in [0.29, 0.717) is 19.7 Å². The molecule has 1 aromatic heterocycles. The average molecular weight is 211 g/mol. The minimum atomic E-state index is -0.150. The number of nitrogens with two attached hydrogens (primary N) is 1. The Labute approximate surface area is 88.9 Å². The van der Waals surface area contributed by atoms with Crippen LogP contribution in [0.15, 0.2) is 17.1 Å². The highest BCUT2D eigenvalue weighted by Gasteiger charge is 2.08. The quantitative estimate of drug-likeness (QED) is 0.739. The number of rotatable bonds is 5. The van der Waals surface area contributed by atoms with Gasteiger partial charge in [-0.1, -0.05) is 0 Å². The summed E-state index contributed by atoms with van der Waals surface area (Å²) in [5.74, 6) is 0. The number of aromatic nitrogens is 2. The van der Waals surface area contributed by atoms with Crippen LogP contribution in [0, 0.1) is 6.92 Å².